The van der Waals surface area contributed by atoms with Crippen molar-refractivity contribution in [3.05, 3.63) is 18.0 Å². The van der Waals surface area contributed by atoms with Crippen LogP contribution in [0.1, 0.15) is 18.5 Å². The Balaban J connectivity index is 2.14. The molecule has 1 atom stereocenters. The molecule has 2 rings (SSSR count). The van der Waals surface area contributed by atoms with Gasteiger partial charge in [-0.3, -0.25) is 0 Å². The zero-order chi connectivity index (χ0) is 9.97. The molecule has 4 nitrogen and oxygen atoms in total. The van der Waals surface area contributed by atoms with Crippen molar-refractivity contribution >= 4 is 5.95 Å². The molecule has 0 aliphatic carbocycles. The summed E-state index contributed by atoms with van der Waals surface area (Å²) in [6, 6.07) is 1.88. The highest BCUT2D eigenvalue weighted by Crippen LogP contribution is 2.15. The lowest BCUT2D eigenvalue weighted by atomic mass is 10.1. The second kappa shape index (κ2) is 3.92. The summed E-state index contributed by atoms with van der Waals surface area (Å²) in [5.41, 5.74) is 0.968. The quantitative estimate of drug-likeness (QED) is 0.715. The molecule has 1 aromatic rings. The number of aliphatic hydroxyl groups excluding tert-OH is 1. The number of rotatable bonds is 1. The Kier molecular flexibility index (Phi) is 2.63. The molecule has 1 aliphatic heterocycles. The van der Waals surface area contributed by atoms with Gasteiger partial charge in [0.15, 0.2) is 0 Å². The number of piperidine rings is 1. The average Bonchev–Trinajstić information content (AvgIpc) is 2.18. The van der Waals surface area contributed by atoms with Gasteiger partial charge in [0.25, 0.3) is 0 Å². The van der Waals surface area contributed by atoms with Crippen LogP contribution >= 0.6 is 0 Å². The van der Waals surface area contributed by atoms with E-state index in [1.165, 1.54) is 0 Å². The van der Waals surface area contributed by atoms with Crippen LogP contribution in [0.2, 0.25) is 0 Å². The van der Waals surface area contributed by atoms with E-state index in [1.807, 2.05) is 17.9 Å². The highest BCUT2D eigenvalue weighted by atomic mass is 16.3. The summed E-state index contributed by atoms with van der Waals surface area (Å²) >= 11 is 0. The van der Waals surface area contributed by atoms with Gasteiger partial charge in [-0.1, -0.05) is 0 Å². The first-order valence-electron chi connectivity index (χ1n) is 4.98. The molecule has 76 valence electrons. The first-order chi connectivity index (χ1) is 6.75. The lowest BCUT2D eigenvalue weighted by Gasteiger charge is -2.29. The molecule has 0 spiro atoms. The normalized spacial score (nSPS) is 22.4. The summed E-state index contributed by atoms with van der Waals surface area (Å²) in [4.78, 5) is 10.6. The Bertz CT molecular complexity index is 316. The molecule has 0 radical (unpaired) electrons. The maximum Gasteiger partial charge on any atom is 0.225 e. The third-order valence-corrected chi connectivity index (χ3v) is 2.46. The number of nitrogens with zero attached hydrogens (tertiary/aromatic N) is 3. The molecule has 1 saturated heterocycles. The fourth-order valence-corrected chi connectivity index (χ4v) is 1.72. The van der Waals surface area contributed by atoms with Crippen LogP contribution in [-0.2, 0) is 0 Å². The molecule has 0 amide bonds. The topological polar surface area (TPSA) is 49.2 Å². The predicted octanol–water partition coefficient (Wildman–Crippen LogP) is 0.746. The molecular weight excluding hydrogens is 178 g/mol. The Morgan fingerprint density at radius 2 is 2.43 bits per heavy atom. The number of aliphatic hydroxyl groups is 1. The fraction of sp³-hybridized carbons (Fsp3) is 0.600. The van der Waals surface area contributed by atoms with E-state index in [0.29, 0.717) is 6.54 Å². The van der Waals surface area contributed by atoms with Gasteiger partial charge in [0, 0.05) is 25.0 Å². The van der Waals surface area contributed by atoms with Crippen LogP contribution in [0.15, 0.2) is 12.3 Å². The summed E-state index contributed by atoms with van der Waals surface area (Å²) in [7, 11) is 0. The van der Waals surface area contributed by atoms with E-state index in [2.05, 4.69) is 9.97 Å². The van der Waals surface area contributed by atoms with Crippen LogP contribution in [-0.4, -0.2) is 34.3 Å². The van der Waals surface area contributed by atoms with Crippen molar-refractivity contribution in [2.75, 3.05) is 18.0 Å². The van der Waals surface area contributed by atoms with Crippen molar-refractivity contribution in [2.24, 2.45) is 0 Å². The molecule has 14 heavy (non-hydrogen) atoms. The third-order valence-electron chi connectivity index (χ3n) is 2.46. The summed E-state index contributed by atoms with van der Waals surface area (Å²) < 4.78 is 0. The van der Waals surface area contributed by atoms with Crippen molar-refractivity contribution in [3.63, 3.8) is 0 Å². The number of aromatic nitrogens is 2. The van der Waals surface area contributed by atoms with Gasteiger partial charge in [-0.25, -0.2) is 9.97 Å². The first kappa shape index (κ1) is 9.40. The minimum absolute atomic E-state index is 0.229. The van der Waals surface area contributed by atoms with Gasteiger partial charge in [0.05, 0.1) is 6.10 Å². The zero-order valence-electron chi connectivity index (χ0n) is 8.35. The van der Waals surface area contributed by atoms with Crippen LogP contribution in [0.5, 0.6) is 0 Å². The number of hydrogen-bond acceptors (Lipinski definition) is 4. The number of β-amino-alcohol motifs (C(OH)–C–C–N with tert-alkyl or cyclic N) is 1. The molecule has 0 unspecified atom stereocenters. The van der Waals surface area contributed by atoms with E-state index in [1.54, 1.807) is 6.20 Å². The first-order valence-corrected chi connectivity index (χ1v) is 4.98. The van der Waals surface area contributed by atoms with Crippen LogP contribution in [0.25, 0.3) is 0 Å². The van der Waals surface area contributed by atoms with E-state index in [9.17, 15) is 5.11 Å². The summed E-state index contributed by atoms with van der Waals surface area (Å²) in [6.07, 6.45) is 3.44. The Labute approximate surface area is 83.6 Å². The smallest absolute Gasteiger partial charge is 0.225 e. The molecule has 0 aromatic carbocycles. The van der Waals surface area contributed by atoms with Crippen LogP contribution < -0.4 is 4.90 Å². The van der Waals surface area contributed by atoms with Gasteiger partial charge in [0.1, 0.15) is 0 Å². The molecule has 4 heteroatoms. The largest absolute Gasteiger partial charge is 0.391 e. The SMILES string of the molecule is Cc1ccnc(N2CCC[C@@H](O)C2)n1. The third kappa shape index (κ3) is 2.01. The van der Waals surface area contributed by atoms with Crippen LogP contribution in [0, 0.1) is 6.92 Å². The molecule has 0 saturated carbocycles. The van der Waals surface area contributed by atoms with Crippen molar-refractivity contribution in [2.45, 2.75) is 25.9 Å². The van der Waals surface area contributed by atoms with Crippen molar-refractivity contribution < 1.29 is 5.11 Å². The van der Waals surface area contributed by atoms with E-state index in [-0.39, 0.29) is 6.10 Å². The molecular formula is C10H15N3O. The Morgan fingerprint density at radius 1 is 1.57 bits per heavy atom. The number of hydrogen-bond donors (Lipinski definition) is 1. The van der Waals surface area contributed by atoms with Crippen molar-refractivity contribution in [1.29, 1.82) is 0 Å². The maximum absolute atomic E-state index is 9.51. The minimum atomic E-state index is -0.229. The van der Waals surface area contributed by atoms with Gasteiger partial charge < -0.3 is 10.0 Å². The van der Waals surface area contributed by atoms with Gasteiger partial charge in [-0.05, 0) is 25.8 Å². The van der Waals surface area contributed by atoms with Gasteiger partial charge in [0.2, 0.25) is 5.95 Å². The average molecular weight is 193 g/mol. The monoisotopic (exact) mass is 193 g/mol. The molecule has 0 bridgehead atoms. The van der Waals surface area contributed by atoms with E-state index < -0.39 is 0 Å². The van der Waals surface area contributed by atoms with Crippen molar-refractivity contribution in [1.82, 2.24) is 9.97 Å². The lowest BCUT2D eigenvalue weighted by molar-refractivity contribution is 0.153. The van der Waals surface area contributed by atoms with E-state index in [4.69, 9.17) is 0 Å². The second-order valence-electron chi connectivity index (χ2n) is 3.74. The molecule has 1 N–H and O–H groups in total. The number of anilines is 1. The van der Waals surface area contributed by atoms with Crippen LogP contribution in [0.3, 0.4) is 0 Å². The van der Waals surface area contributed by atoms with Gasteiger partial charge in [-0.2, -0.15) is 0 Å². The van der Waals surface area contributed by atoms with Gasteiger partial charge in [-0.15, -0.1) is 0 Å². The highest BCUT2D eigenvalue weighted by Gasteiger charge is 2.19. The van der Waals surface area contributed by atoms with E-state index >= 15 is 0 Å². The Morgan fingerprint density at radius 3 is 3.14 bits per heavy atom. The van der Waals surface area contributed by atoms with E-state index in [0.717, 1.165) is 31.0 Å². The van der Waals surface area contributed by atoms with Gasteiger partial charge >= 0.3 is 0 Å². The Hall–Kier alpha value is -1.16. The summed E-state index contributed by atoms with van der Waals surface area (Å²) in [5, 5.41) is 9.51. The highest BCUT2D eigenvalue weighted by molar-refractivity contribution is 5.30. The van der Waals surface area contributed by atoms with Crippen molar-refractivity contribution in [3.8, 4) is 0 Å². The second-order valence-corrected chi connectivity index (χ2v) is 3.74. The minimum Gasteiger partial charge on any atom is -0.391 e. The molecule has 1 aromatic heterocycles. The zero-order valence-corrected chi connectivity index (χ0v) is 8.35. The maximum atomic E-state index is 9.51. The predicted molar refractivity (Wildman–Crippen MR) is 54.2 cm³/mol. The lowest BCUT2D eigenvalue weighted by Crippen LogP contribution is -2.39. The molecule has 2 heterocycles. The number of aryl methyl sites for hydroxylation is 1. The molecule has 1 fully saturated rings. The van der Waals surface area contributed by atoms with Crippen LogP contribution in [0.4, 0.5) is 5.95 Å². The summed E-state index contributed by atoms with van der Waals surface area (Å²) in [5.74, 6) is 0.740. The standard InChI is InChI=1S/C10H15N3O/c1-8-4-5-11-10(12-8)13-6-2-3-9(14)7-13/h4-5,9,14H,2-3,6-7H2,1H3/t9-/m1/s1. The fourth-order valence-electron chi connectivity index (χ4n) is 1.72. The molecule has 1 aliphatic rings. The summed E-state index contributed by atoms with van der Waals surface area (Å²) in [6.45, 7) is 3.55.